The molecular weight excluding hydrogens is 339 g/mol. The van der Waals surface area contributed by atoms with E-state index in [-0.39, 0.29) is 10.3 Å². The van der Waals surface area contributed by atoms with Gasteiger partial charge in [-0.15, -0.1) is 11.3 Å². The molecule has 0 atom stereocenters. The summed E-state index contributed by atoms with van der Waals surface area (Å²) in [5.41, 5.74) is 1.75. The zero-order valence-electron chi connectivity index (χ0n) is 13.2. The predicted octanol–water partition coefficient (Wildman–Crippen LogP) is 4.52. The number of thiophene rings is 1. The summed E-state index contributed by atoms with van der Waals surface area (Å²) in [6, 6.07) is 6.70. The molecule has 2 heterocycles. The van der Waals surface area contributed by atoms with Gasteiger partial charge < -0.3 is 5.32 Å². The monoisotopic (exact) mass is 353 g/mol. The van der Waals surface area contributed by atoms with Crippen LogP contribution in [0.25, 0.3) is 10.2 Å². The molecule has 2 aromatic heterocycles. The number of nitrogens with zero attached hydrogens (tertiary/aromatic N) is 2. The third-order valence-corrected chi connectivity index (χ3v) is 4.97. The van der Waals surface area contributed by atoms with Crippen molar-refractivity contribution >= 4 is 33.1 Å². The highest BCUT2D eigenvalue weighted by Gasteiger charge is 2.37. The average Bonchev–Trinajstić information content (AvgIpc) is 3.03. The molecule has 1 aromatic carbocycles. The minimum absolute atomic E-state index is 0.0553. The van der Waals surface area contributed by atoms with Gasteiger partial charge >= 0.3 is 6.18 Å². The molecule has 0 spiro atoms. The van der Waals surface area contributed by atoms with Crippen molar-refractivity contribution in [2.24, 2.45) is 7.05 Å². The van der Waals surface area contributed by atoms with Crippen LogP contribution in [0.3, 0.4) is 0 Å². The Labute approximate surface area is 139 Å². The second kappa shape index (κ2) is 5.62. The molecule has 0 aliphatic heterocycles. The number of hydrogen-bond donors (Lipinski definition) is 1. The molecule has 0 unspecified atom stereocenters. The second-order valence-electron chi connectivity index (χ2n) is 5.55. The molecule has 0 radical (unpaired) electrons. The van der Waals surface area contributed by atoms with Gasteiger partial charge in [-0.2, -0.15) is 18.3 Å². The lowest BCUT2D eigenvalue weighted by atomic mass is 10.1. The van der Waals surface area contributed by atoms with Gasteiger partial charge in [0.15, 0.2) is 5.69 Å². The van der Waals surface area contributed by atoms with Crippen LogP contribution in [0.2, 0.25) is 0 Å². The van der Waals surface area contributed by atoms with Crippen LogP contribution in [-0.2, 0) is 13.2 Å². The van der Waals surface area contributed by atoms with Crippen molar-refractivity contribution in [1.82, 2.24) is 9.78 Å². The van der Waals surface area contributed by atoms with E-state index < -0.39 is 17.8 Å². The van der Waals surface area contributed by atoms with E-state index in [0.29, 0.717) is 10.5 Å². The molecule has 0 aliphatic carbocycles. The summed E-state index contributed by atoms with van der Waals surface area (Å²) in [7, 11) is 1.43. The molecule has 1 amide bonds. The van der Waals surface area contributed by atoms with Crippen LogP contribution in [0.1, 0.15) is 26.5 Å². The number of benzene rings is 1. The Balaban J connectivity index is 1.94. The molecule has 3 rings (SSSR count). The third kappa shape index (κ3) is 2.89. The molecule has 4 nitrogen and oxygen atoms in total. The maximum Gasteiger partial charge on any atom is 0.435 e. The normalized spacial score (nSPS) is 11.9. The molecule has 126 valence electrons. The van der Waals surface area contributed by atoms with Gasteiger partial charge in [0, 0.05) is 18.1 Å². The first kappa shape index (κ1) is 16.5. The van der Waals surface area contributed by atoms with Crippen LogP contribution in [0.4, 0.5) is 18.9 Å². The van der Waals surface area contributed by atoms with Gasteiger partial charge in [-0.25, -0.2) is 0 Å². The van der Waals surface area contributed by atoms with Crippen LogP contribution in [0.15, 0.2) is 24.3 Å². The summed E-state index contributed by atoms with van der Waals surface area (Å²) in [4.78, 5) is 12.9. The van der Waals surface area contributed by atoms with E-state index in [1.165, 1.54) is 13.1 Å². The van der Waals surface area contributed by atoms with Crippen molar-refractivity contribution in [1.29, 1.82) is 0 Å². The first-order valence-electron chi connectivity index (χ1n) is 7.09. The Morgan fingerprint density at radius 1 is 1.21 bits per heavy atom. The fourth-order valence-electron chi connectivity index (χ4n) is 2.37. The Bertz CT molecular complexity index is 940. The van der Waals surface area contributed by atoms with Gasteiger partial charge in [-0.1, -0.05) is 6.07 Å². The van der Waals surface area contributed by atoms with E-state index >= 15 is 0 Å². The summed E-state index contributed by atoms with van der Waals surface area (Å²) < 4.78 is 40.1. The Kier molecular flexibility index (Phi) is 3.87. The number of carbonyl (C=O) groups excluding carboxylic acids is 1. The topological polar surface area (TPSA) is 46.9 Å². The van der Waals surface area contributed by atoms with Gasteiger partial charge in [0.05, 0.1) is 4.88 Å². The number of rotatable bonds is 2. The summed E-state index contributed by atoms with van der Waals surface area (Å²) in [5.74, 6) is -0.437. The number of nitrogens with one attached hydrogen (secondary N) is 1. The van der Waals surface area contributed by atoms with Gasteiger partial charge in [0.2, 0.25) is 0 Å². The van der Waals surface area contributed by atoms with Gasteiger partial charge in [-0.05, 0) is 43.2 Å². The molecule has 0 saturated heterocycles. The SMILES string of the molecule is Cc1ccc(NC(=O)c2cc3c(C(F)(F)F)nn(C)c3s2)cc1C. The smallest absolute Gasteiger partial charge is 0.321 e. The number of alkyl halides is 3. The lowest BCUT2D eigenvalue weighted by molar-refractivity contribution is -0.140. The number of fused-ring (bicyclic) bond motifs is 1. The molecule has 0 bridgehead atoms. The first-order valence-corrected chi connectivity index (χ1v) is 7.91. The van der Waals surface area contributed by atoms with E-state index in [4.69, 9.17) is 0 Å². The molecule has 24 heavy (non-hydrogen) atoms. The minimum Gasteiger partial charge on any atom is -0.321 e. The van der Waals surface area contributed by atoms with Crippen molar-refractivity contribution in [3.63, 3.8) is 0 Å². The molecule has 0 aliphatic rings. The fourth-order valence-corrected chi connectivity index (χ4v) is 3.34. The third-order valence-electron chi connectivity index (χ3n) is 3.77. The number of carbonyl (C=O) groups is 1. The lowest BCUT2D eigenvalue weighted by Gasteiger charge is -2.06. The number of aryl methyl sites for hydroxylation is 3. The standard InChI is InChI=1S/C16H14F3N3OS/c1-8-4-5-10(6-9(8)2)20-14(23)12-7-11-13(16(17,18)19)21-22(3)15(11)24-12/h4-7H,1-3H3,(H,20,23). The lowest BCUT2D eigenvalue weighted by Crippen LogP contribution is -2.11. The van der Waals surface area contributed by atoms with E-state index in [1.54, 1.807) is 6.07 Å². The highest BCUT2D eigenvalue weighted by molar-refractivity contribution is 7.20. The van der Waals surface area contributed by atoms with Crippen LogP contribution in [0.5, 0.6) is 0 Å². The van der Waals surface area contributed by atoms with Gasteiger partial charge in [-0.3, -0.25) is 9.48 Å². The summed E-state index contributed by atoms with van der Waals surface area (Å²) >= 11 is 0.984. The highest BCUT2D eigenvalue weighted by Crippen LogP contribution is 2.37. The average molecular weight is 353 g/mol. The molecule has 8 heteroatoms. The Morgan fingerprint density at radius 3 is 2.54 bits per heavy atom. The van der Waals surface area contributed by atoms with E-state index in [1.807, 2.05) is 26.0 Å². The quantitative estimate of drug-likeness (QED) is 0.736. The first-order chi connectivity index (χ1) is 11.2. The summed E-state index contributed by atoms with van der Waals surface area (Å²) in [5, 5.41) is 6.16. The van der Waals surface area contributed by atoms with Crippen molar-refractivity contribution in [3.8, 4) is 0 Å². The zero-order valence-corrected chi connectivity index (χ0v) is 14.0. The largest absolute Gasteiger partial charge is 0.435 e. The van der Waals surface area contributed by atoms with Crippen LogP contribution in [-0.4, -0.2) is 15.7 Å². The van der Waals surface area contributed by atoms with Crippen molar-refractivity contribution in [3.05, 3.63) is 46.0 Å². The van der Waals surface area contributed by atoms with E-state index in [0.717, 1.165) is 27.1 Å². The molecule has 3 aromatic rings. The summed E-state index contributed by atoms with van der Waals surface area (Å²) in [6.07, 6.45) is -4.55. The fraction of sp³-hybridized carbons (Fsp3) is 0.250. The zero-order chi connectivity index (χ0) is 17.6. The van der Waals surface area contributed by atoms with Crippen molar-refractivity contribution in [2.75, 3.05) is 5.32 Å². The number of aromatic nitrogens is 2. The molecule has 0 saturated carbocycles. The van der Waals surface area contributed by atoms with Crippen molar-refractivity contribution < 1.29 is 18.0 Å². The second-order valence-corrected chi connectivity index (χ2v) is 6.58. The Hall–Kier alpha value is -2.35. The molecular formula is C16H14F3N3OS. The molecule has 1 N–H and O–H groups in total. The van der Waals surface area contributed by atoms with E-state index in [9.17, 15) is 18.0 Å². The minimum atomic E-state index is -4.55. The molecule has 0 fully saturated rings. The predicted molar refractivity (Wildman–Crippen MR) is 87.5 cm³/mol. The maximum absolute atomic E-state index is 13.0. The van der Waals surface area contributed by atoms with Gasteiger partial charge in [0.25, 0.3) is 5.91 Å². The highest BCUT2D eigenvalue weighted by atomic mass is 32.1. The number of amides is 1. The Morgan fingerprint density at radius 2 is 1.92 bits per heavy atom. The summed E-state index contributed by atoms with van der Waals surface area (Å²) in [6.45, 7) is 3.88. The van der Waals surface area contributed by atoms with Gasteiger partial charge in [0.1, 0.15) is 4.83 Å². The number of anilines is 1. The van der Waals surface area contributed by atoms with Crippen LogP contribution < -0.4 is 5.32 Å². The number of halogens is 3. The maximum atomic E-state index is 13.0. The van der Waals surface area contributed by atoms with Crippen LogP contribution >= 0.6 is 11.3 Å². The van der Waals surface area contributed by atoms with Crippen LogP contribution in [0, 0.1) is 13.8 Å². The van der Waals surface area contributed by atoms with Crippen molar-refractivity contribution in [2.45, 2.75) is 20.0 Å². The number of hydrogen-bond acceptors (Lipinski definition) is 3. The van der Waals surface area contributed by atoms with E-state index in [2.05, 4.69) is 10.4 Å².